The van der Waals surface area contributed by atoms with Crippen LogP contribution in [-0.2, 0) is 0 Å². The number of thioether (sulfide) groups is 1. The van der Waals surface area contributed by atoms with Crippen molar-refractivity contribution >= 4 is 11.8 Å². The van der Waals surface area contributed by atoms with Crippen LogP contribution in [0.1, 0.15) is 19.3 Å². The number of rotatable bonds is 7. The number of para-hydroxylation sites is 1. The molecule has 0 aliphatic carbocycles. The van der Waals surface area contributed by atoms with Gasteiger partial charge in [0.1, 0.15) is 5.75 Å². The van der Waals surface area contributed by atoms with Gasteiger partial charge in [0.25, 0.3) is 0 Å². The Morgan fingerprint density at radius 3 is 2.72 bits per heavy atom. The first kappa shape index (κ1) is 13.8. The van der Waals surface area contributed by atoms with E-state index in [9.17, 15) is 0 Å². The summed E-state index contributed by atoms with van der Waals surface area (Å²) in [4.78, 5) is 0. The minimum absolute atomic E-state index is 0.803. The molecule has 0 aromatic heterocycles. The number of nitrogens with one attached hydrogen (secondary N) is 1. The van der Waals surface area contributed by atoms with Gasteiger partial charge < -0.3 is 10.1 Å². The predicted octanol–water partition coefficient (Wildman–Crippen LogP) is 3.19. The lowest BCUT2D eigenvalue weighted by molar-refractivity contribution is 0.305. The summed E-state index contributed by atoms with van der Waals surface area (Å²) in [5.41, 5.74) is 0. The van der Waals surface area contributed by atoms with Gasteiger partial charge >= 0.3 is 0 Å². The van der Waals surface area contributed by atoms with Crippen molar-refractivity contribution in [1.82, 2.24) is 5.32 Å². The minimum Gasteiger partial charge on any atom is -0.494 e. The monoisotopic (exact) mass is 265 g/mol. The van der Waals surface area contributed by atoms with E-state index in [4.69, 9.17) is 4.74 Å². The third kappa shape index (κ3) is 5.32. The summed E-state index contributed by atoms with van der Waals surface area (Å²) >= 11 is 2.10. The molecule has 0 saturated carbocycles. The number of hydrogen-bond acceptors (Lipinski definition) is 3. The fourth-order valence-electron chi connectivity index (χ4n) is 2.16. The Kier molecular flexibility index (Phi) is 6.45. The third-order valence-electron chi connectivity index (χ3n) is 3.28. The molecule has 2 rings (SSSR count). The van der Waals surface area contributed by atoms with Crippen LogP contribution in [0, 0.1) is 5.92 Å². The standard InChI is InChI=1S/C15H23NOS/c1-2-5-15(6-3-1)17-10-4-9-16-13-14-7-11-18-12-8-14/h1-3,5-6,14,16H,4,7-13H2. The van der Waals surface area contributed by atoms with Gasteiger partial charge in [-0.1, -0.05) is 18.2 Å². The first-order valence-electron chi connectivity index (χ1n) is 6.91. The van der Waals surface area contributed by atoms with Crippen molar-refractivity contribution < 1.29 is 4.74 Å². The van der Waals surface area contributed by atoms with Crippen LogP contribution in [-0.4, -0.2) is 31.2 Å². The first-order valence-corrected chi connectivity index (χ1v) is 8.07. The van der Waals surface area contributed by atoms with Gasteiger partial charge in [-0.25, -0.2) is 0 Å². The largest absolute Gasteiger partial charge is 0.494 e. The van der Waals surface area contributed by atoms with E-state index in [1.807, 2.05) is 30.3 Å². The zero-order valence-electron chi connectivity index (χ0n) is 10.9. The smallest absolute Gasteiger partial charge is 0.119 e. The van der Waals surface area contributed by atoms with Crippen molar-refractivity contribution in [2.75, 3.05) is 31.2 Å². The summed E-state index contributed by atoms with van der Waals surface area (Å²) in [6.07, 6.45) is 3.85. The van der Waals surface area contributed by atoms with E-state index in [2.05, 4.69) is 17.1 Å². The molecule has 1 aromatic carbocycles. The maximum Gasteiger partial charge on any atom is 0.119 e. The highest BCUT2D eigenvalue weighted by molar-refractivity contribution is 7.99. The molecule has 0 bridgehead atoms. The lowest BCUT2D eigenvalue weighted by atomic mass is 10.0. The van der Waals surface area contributed by atoms with Crippen LogP contribution < -0.4 is 10.1 Å². The van der Waals surface area contributed by atoms with Gasteiger partial charge in [-0.3, -0.25) is 0 Å². The van der Waals surface area contributed by atoms with Crippen LogP contribution in [0.2, 0.25) is 0 Å². The number of ether oxygens (including phenoxy) is 1. The SMILES string of the molecule is c1ccc(OCCCNCC2CCSCC2)cc1. The van der Waals surface area contributed by atoms with Crippen molar-refractivity contribution in [3.8, 4) is 5.75 Å². The van der Waals surface area contributed by atoms with Gasteiger partial charge in [-0.15, -0.1) is 0 Å². The van der Waals surface area contributed by atoms with Crippen molar-refractivity contribution in [2.24, 2.45) is 5.92 Å². The maximum atomic E-state index is 5.65. The average molecular weight is 265 g/mol. The lowest BCUT2D eigenvalue weighted by Gasteiger charge is -2.21. The third-order valence-corrected chi connectivity index (χ3v) is 4.33. The molecule has 2 nitrogen and oxygen atoms in total. The second-order valence-corrected chi connectivity index (χ2v) is 6.00. The zero-order chi connectivity index (χ0) is 12.5. The van der Waals surface area contributed by atoms with Crippen LogP contribution in [0.3, 0.4) is 0 Å². The van der Waals surface area contributed by atoms with Gasteiger partial charge in [0.15, 0.2) is 0 Å². The molecule has 0 amide bonds. The molecular formula is C15H23NOS. The summed E-state index contributed by atoms with van der Waals surface area (Å²) in [7, 11) is 0. The Labute approximate surface area is 114 Å². The number of benzene rings is 1. The van der Waals surface area contributed by atoms with Crippen molar-refractivity contribution in [2.45, 2.75) is 19.3 Å². The fourth-order valence-corrected chi connectivity index (χ4v) is 3.36. The normalized spacial score (nSPS) is 16.7. The topological polar surface area (TPSA) is 21.3 Å². The van der Waals surface area contributed by atoms with Gasteiger partial charge in [0.05, 0.1) is 6.61 Å². The molecular weight excluding hydrogens is 242 g/mol. The quantitative estimate of drug-likeness (QED) is 0.765. The van der Waals surface area contributed by atoms with E-state index < -0.39 is 0 Å². The second-order valence-electron chi connectivity index (χ2n) is 4.77. The molecule has 1 heterocycles. The summed E-state index contributed by atoms with van der Waals surface area (Å²) in [6, 6.07) is 10.0. The van der Waals surface area contributed by atoms with Crippen LogP contribution >= 0.6 is 11.8 Å². The molecule has 0 unspecified atom stereocenters. The summed E-state index contributed by atoms with van der Waals surface area (Å²) in [5.74, 6) is 4.58. The molecule has 0 atom stereocenters. The Morgan fingerprint density at radius 1 is 1.17 bits per heavy atom. The zero-order valence-corrected chi connectivity index (χ0v) is 11.8. The molecule has 0 radical (unpaired) electrons. The van der Waals surface area contributed by atoms with E-state index in [1.54, 1.807) is 0 Å². The highest BCUT2D eigenvalue weighted by Gasteiger charge is 2.12. The molecule has 1 aromatic rings. The molecule has 1 saturated heterocycles. The van der Waals surface area contributed by atoms with Crippen molar-refractivity contribution in [3.63, 3.8) is 0 Å². The first-order chi connectivity index (χ1) is 8.95. The molecule has 1 aliphatic rings. The Balaban J connectivity index is 1.46. The van der Waals surface area contributed by atoms with Gasteiger partial charge in [-0.2, -0.15) is 11.8 Å². The average Bonchev–Trinajstić information content (AvgIpc) is 2.45. The predicted molar refractivity (Wildman–Crippen MR) is 79.5 cm³/mol. The van der Waals surface area contributed by atoms with Crippen molar-refractivity contribution in [3.05, 3.63) is 30.3 Å². The van der Waals surface area contributed by atoms with Gasteiger partial charge in [-0.05, 0) is 61.9 Å². The van der Waals surface area contributed by atoms with Crippen LogP contribution in [0.15, 0.2) is 30.3 Å². The molecule has 18 heavy (non-hydrogen) atoms. The maximum absolute atomic E-state index is 5.65. The lowest BCUT2D eigenvalue weighted by Crippen LogP contribution is -2.27. The van der Waals surface area contributed by atoms with E-state index >= 15 is 0 Å². The van der Waals surface area contributed by atoms with E-state index in [-0.39, 0.29) is 0 Å². The summed E-state index contributed by atoms with van der Waals surface area (Å²) < 4.78 is 5.65. The second kappa shape index (κ2) is 8.44. The fraction of sp³-hybridized carbons (Fsp3) is 0.600. The van der Waals surface area contributed by atoms with Crippen LogP contribution in [0.5, 0.6) is 5.75 Å². The molecule has 100 valence electrons. The van der Waals surface area contributed by atoms with E-state index in [0.29, 0.717) is 0 Å². The van der Waals surface area contributed by atoms with Crippen LogP contribution in [0.4, 0.5) is 0 Å². The molecule has 1 aliphatic heterocycles. The number of hydrogen-bond donors (Lipinski definition) is 1. The van der Waals surface area contributed by atoms with Gasteiger partial charge in [0, 0.05) is 0 Å². The molecule has 1 fully saturated rings. The molecule has 0 spiro atoms. The van der Waals surface area contributed by atoms with Gasteiger partial charge in [0.2, 0.25) is 0 Å². The summed E-state index contributed by atoms with van der Waals surface area (Å²) in [6.45, 7) is 3.06. The highest BCUT2D eigenvalue weighted by Crippen LogP contribution is 2.21. The molecule has 1 N–H and O–H groups in total. The highest BCUT2D eigenvalue weighted by atomic mass is 32.2. The molecule has 3 heteroatoms. The Bertz CT molecular complexity index is 312. The van der Waals surface area contributed by atoms with E-state index in [0.717, 1.165) is 31.2 Å². The van der Waals surface area contributed by atoms with Crippen molar-refractivity contribution in [1.29, 1.82) is 0 Å². The summed E-state index contributed by atoms with van der Waals surface area (Å²) in [5, 5.41) is 3.55. The Hall–Kier alpha value is -0.670. The van der Waals surface area contributed by atoms with E-state index in [1.165, 1.54) is 30.9 Å². The Morgan fingerprint density at radius 2 is 1.94 bits per heavy atom. The van der Waals surface area contributed by atoms with Crippen LogP contribution in [0.25, 0.3) is 0 Å². The minimum atomic E-state index is 0.803.